The largest absolute Gasteiger partial charge is 0.338 e. The van der Waals surface area contributed by atoms with Crippen molar-refractivity contribution in [3.63, 3.8) is 0 Å². The summed E-state index contributed by atoms with van der Waals surface area (Å²) >= 11 is 6.06. The highest BCUT2D eigenvalue weighted by Gasteiger charge is 2.08. The molecule has 0 aliphatic rings. The van der Waals surface area contributed by atoms with Crippen LogP contribution in [0.3, 0.4) is 0 Å². The van der Waals surface area contributed by atoms with Gasteiger partial charge in [-0.2, -0.15) is 0 Å². The first kappa shape index (κ1) is 13.8. The minimum Gasteiger partial charge on any atom is -0.338 e. The quantitative estimate of drug-likeness (QED) is 0.833. The van der Waals surface area contributed by atoms with E-state index in [4.69, 9.17) is 11.6 Å². The number of carbonyl (C=O) groups is 1. The number of nitrogens with one attached hydrogen (secondary N) is 2. The Labute approximate surface area is 108 Å². The second-order valence-corrected chi connectivity index (χ2v) is 4.50. The fourth-order valence-corrected chi connectivity index (χ4v) is 1.77. The van der Waals surface area contributed by atoms with E-state index in [-0.39, 0.29) is 12.1 Å². The minimum atomic E-state index is -0.119. The van der Waals surface area contributed by atoms with Crippen molar-refractivity contribution in [3.05, 3.63) is 34.9 Å². The molecule has 0 aromatic heterocycles. The predicted octanol–water partition coefficient (Wildman–Crippen LogP) is 2.98. The van der Waals surface area contributed by atoms with Crippen LogP contribution in [-0.4, -0.2) is 18.6 Å². The summed E-state index contributed by atoms with van der Waals surface area (Å²) in [5.74, 6) is 0. The Morgan fingerprint density at radius 2 is 2.12 bits per heavy atom. The highest BCUT2D eigenvalue weighted by Crippen LogP contribution is 2.16. The number of urea groups is 1. The third-order valence-electron chi connectivity index (χ3n) is 2.40. The van der Waals surface area contributed by atoms with Crippen LogP contribution in [0.4, 0.5) is 4.79 Å². The Morgan fingerprint density at radius 3 is 2.76 bits per heavy atom. The van der Waals surface area contributed by atoms with Gasteiger partial charge in [0.15, 0.2) is 0 Å². The molecule has 0 fully saturated rings. The van der Waals surface area contributed by atoms with E-state index in [1.165, 1.54) is 0 Å². The van der Waals surface area contributed by atoms with Crippen molar-refractivity contribution in [2.24, 2.45) is 0 Å². The van der Waals surface area contributed by atoms with Gasteiger partial charge in [-0.3, -0.25) is 0 Å². The van der Waals surface area contributed by atoms with Crippen LogP contribution < -0.4 is 10.6 Å². The van der Waals surface area contributed by atoms with Gasteiger partial charge in [-0.25, -0.2) is 4.79 Å². The lowest BCUT2D eigenvalue weighted by Gasteiger charge is -2.15. The van der Waals surface area contributed by atoms with Gasteiger partial charge in [0.1, 0.15) is 0 Å². The molecule has 0 aliphatic carbocycles. The van der Waals surface area contributed by atoms with E-state index >= 15 is 0 Å². The number of amides is 2. The maximum atomic E-state index is 11.4. The lowest BCUT2D eigenvalue weighted by atomic mass is 10.1. The Balaban J connectivity index is 2.42. The van der Waals surface area contributed by atoms with Gasteiger partial charge in [0.2, 0.25) is 0 Å². The van der Waals surface area contributed by atoms with E-state index in [9.17, 15) is 4.79 Å². The molecule has 1 atom stereocenters. The Morgan fingerprint density at radius 1 is 1.41 bits per heavy atom. The van der Waals surface area contributed by atoms with Crippen LogP contribution in [-0.2, 0) is 6.42 Å². The summed E-state index contributed by atoms with van der Waals surface area (Å²) in [4.78, 5) is 11.4. The molecule has 1 rings (SSSR count). The molecule has 1 aromatic rings. The van der Waals surface area contributed by atoms with Crippen LogP contribution >= 0.6 is 11.6 Å². The fourth-order valence-electron chi connectivity index (χ4n) is 1.56. The number of halogens is 1. The van der Waals surface area contributed by atoms with Gasteiger partial charge >= 0.3 is 6.03 Å². The molecule has 17 heavy (non-hydrogen) atoms. The molecule has 4 heteroatoms. The van der Waals surface area contributed by atoms with Crippen molar-refractivity contribution in [2.75, 3.05) is 6.54 Å². The number of hydrogen-bond acceptors (Lipinski definition) is 1. The Kier molecular flexibility index (Phi) is 5.84. The van der Waals surface area contributed by atoms with Gasteiger partial charge in [-0.1, -0.05) is 36.7 Å². The molecule has 0 heterocycles. The molecule has 0 aliphatic heterocycles. The smallest absolute Gasteiger partial charge is 0.315 e. The highest BCUT2D eigenvalue weighted by molar-refractivity contribution is 6.31. The molecule has 0 saturated heterocycles. The van der Waals surface area contributed by atoms with Gasteiger partial charge in [0, 0.05) is 17.6 Å². The number of benzene rings is 1. The van der Waals surface area contributed by atoms with Crippen LogP contribution in [0.1, 0.15) is 25.8 Å². The molecule has 1 unspecified atom stereocenters. The van der Waals surface area contributed by atoms with E-state index in [0.717, 1.165) is 23.4 Å². The first-order valence-corrected chi connectivity index (χ1v) is 6.29. The van der Waals surface area contributed by atoms with E-state index in [2.05, 4.69) is 10.6 Å². The van der Waals surface area contributed by atoms with E-state index < -0.39 is 0 Å². The zero-order chi connectivity index (χ0) is 12.7. The van der Waals surface area contributed by atoms with Gasteiger partial charge < -0.3 is 10.6 Å². The average Bonchev–Trinajstić information content (AvgIpc) is 2.29. The van der Waals surface area contributed by atoms with Crippen LogP contribution in [0.25, 0.3) is 0 Å². The predicted molar refractivity (Wildman–Crippen MR) is 71.4 cm³/mol. The molecule has 2 N–H and O–H groups in total. The fraction of sp³-hybridized carbons (Fsp3) is 0.462. The number of hydrogen-bond donors (Lipinski definition) is 2. The summed E-state index contributed by atoms with van der Waals surface area (Å²) in [7, 11) is 0. The third-order valence-corrected chi connectivity index (χ3v) is 2.77. The summed E-state index contributed by atoms with van der Waals surface area (Å²) < 4.78 is 0. The number of rotatable bonds is 5. The topological polar surface area (TPSA) is 41.1 Å². The van der Waals surface area contributed by atoms with Crippen molar-refractivity contribution >= 4 is 17.6 Å². The van der Waals surface area contributed by atoms with Crippen LogP contribution in [0, 0.1) is 0 Å². The maximum Gasteiger partial charge on any atom is 0.315 e. The minimum absolute atomic E-state index is 0.0618. The third kappa shape index (κ3) is 5.09. The van der Waals surface area contributed by atoms with E-state index in [1.807, 2.05) is 38.1 Å². The first-order chi connectivity index (χ1) is 8.13. The maximum absolute atomic E-state index is 11.4. The molecule has 0 radical (unpaired) electrons. The van der Waals surface area contributed by atoms with Crippen molar-refractivity contribution in [1.29, 1.82) is 0 Å². The second-order valence-electron chi connectivity index (χ2n) is 4.10. The number of carbonyl (C=O) groups excluding carboxylic acids is 1. The molecular formula is C13H19ClN2O. The SMILES string of the molecule is CCCNC(=O)NC(C)Cc1ccccc1Cl. The zero-order valence-corrected chi connectivity index (χ0v) is 11.1. The van der Waals surface area contributed by atoms with Crippen LogP contribution in [0.15, 0.2) is 24.3 Å². The summed E-state index contributed by atoms with van der Waals surface area (Å²) in [6.45, 7) is 4.69. The molecule has 0 saturated carbocycles. The standard InChI is InChI=1S/C13H19ClN2O/c1-3-8-15-13(17)16-10(2)9-11-6-4-5-7-12(11)14/h4-7,10H,3,8-9H2,1-2H3,(H2,15,16,17). The van der Waals surface area contributed by atoms with E-state index in [1.54, 1.807) is 0 Å². The summed E-state index contributed by atoms with van der Waals surface area (Å²) in [5, 5.41) is 6.41. The van der Waals surface area contributed by atoms with Gasteiger partial charge in [0.05, 0.1) is 0 Å². The van der Waals surface area contributed by atoms with Crippen LogP contribution in [0.5, 0.6) is 0 Å². The van der Waals surface area contributed by atoms with Gasteiger partial charge in [-0.15, -0.1) is 0 Å². The molecule has 94 valence electrons. The molecular weight excluding hydrogens is 236 g/mol. The second kappa shape index (κ2) is 7.17. The van der Waals surface area contributed by atoms with Crippen molar-refractivity contribution < 1.29 is 4.79 Å². The van der Waals surface area contributed by atoms with Crippen molar-refractivity contribution in [1.82, 2.24) is 10.6 Å². The summed E-state index contributed by atoms with van der Waals surface area (Å²) in [6, 6.07) is 7.63. The lowest BCUT2D eigenvalue weighted by Crippen LogP contribution is -2.41. The van der Waals surface area contributed by atoms with Gasteiger partial charge in [-0.05, 0) is 31.4 Å². The summed E-state index contributed by atoms with van der Waals surface area (Å²) in [5.41, 5.74) is 1.05. The zero-order valence-electron chi connectivity index (χ0n) is 10.3. The molecule has 0 spiro atoms. The first-order valence-electron chi connectivity index (χ1n) is 5.91. The van der Waals surface area contributed by atoms with Crippen LogP contribution in [0.2, 0.25) is 5.02 Å². The summed E-state index contributed by atoms with van der Waals surface area (Å²) in [6.07, 6.45) is 1.67. The normalized spacial score (nSPS) is 11.9. The average molecular weight is 255 g/mol. The molecule has 2 amide bonds. The van der Waals surface area contributed by atoms with Crippen molar-refractivity contribution in [2.45, 2.75) is 32.7 Å². The molecule has 1 aromatic carbocycles. The Bertz CT molecular complexity index is 368. The lowest BCUT2D eigenvalue weighted by molar-refractivity contribution is 0.237. The van der Waals surface area contributed by atoms with Crippen molar-refractivity contribution in [3.8, 4) is 0 Å². The highest BCUT2D eigenvalue weighted by atomic mass is 35.5. The van der Waals surface area contributed by atoms with E-state index in [0.29, 0.717) is 6.54 Å². The Hall–Kier alpha value is -1.22. The molecule has 3 nitrogen and oxygen atoms in total. The van der Waals surface area contributed by atoms with Gasteiger partial charge in [0.25, 0.3) is 0 Å². The monoisotopic (exact) mass is 254 g/mol. The molecule has 0 bridgehead atoms.